The first kappa shape index (κ1) is 21.9. The van der Waals surface area contributed by atoms with Crippen LogP contribution in [-0.4, -0.2) is 20.0 Å². The van der Waals surface area contributed by atoms with Gasteiger partial charge in [-0.2, -0.15) is 13.2 Å². The molecule has 32 heavy (non-hydrogen) atoms. The van der Waals surface area contributed by atoms with Crippen molar-refractivity contribution in [1.29, 1.82) is 0 Å². The minimum Gasteiger partial charge on any atom is -0.456 e. The minimum atomic E-state index is -4.59. The fourth-order valence-corrected chi connectivity index (χ4v) is 4.05. The Morgan fingerprint density at radius 1 is 1.03 bits per heavy atom. The van der Waals surface area contributed by atoms with E-state index in [0.717, 1.165) is 18.5 Å². The number of aldehydes is 1. The molecule has 2 aromatic carbocycles. The van der Waals surface area contributed by atoms with Gasteiger partial charge >= 0.3 is 6.18 Å². The quantitative estimate of drug-likeness (QED) is 0.426. The van der Waals surface area contributed by atoms with Crippen LogP contribution in [0.2, 0.25) is 0 Å². The number of ether oxygens (including phenoxy) is 1. The summed E-state index contributed by atoms with van der Waals surface area (Å²) < 4.78 is 65.2. The molecule has 2 heterocycles. The van der Waals surface area contributed by atoms with Gasteiger partial charge in [0.15, 0.2) is 11.1 Å². The maximum absolute atomic E-state index is 13.0. The fourth-order valence-electron chi connectivity index (χ4n) is 3.57. The Morgan fingerprint density at radius 2 is 1.72 bits per heavy atom. The van der Waals surface area contributed by atoms with Gasteiger partial charge in [0.05, 0.1) is 11.7 Å². The van der Waals surface area contributed by atoms with Crippen LogP contribution in [0.5, 0.6) is 5.75 Å². The van der Waals surface area contributed by atoms with Crippen molar-refractivity contribution in [3.8, 4) is 5.75 Å². The molecule has 164 valence electrons. The summed E-state index contributed by atoms with van der Waals surface area (Å²) in [6.07, 6.45) is -2.79. The van der Waals surface area contributed by atoms with Gasteiger partial charge in [-0.25, -0.2) is 4.21 Å². The molecule has 1 N–H and O–H groups in total. The second-order valence-corrected chi connectivity index (χ2v) is 8.02. The number of fused-ring (bicyclic) bond motifs is 1. The molecule has 5 nitrogen and oxygen atoms in total. The zero-order chi connectivity index (χ0) is 22.9. The highest BCUT2D eigenvalue weighted by molar-refractivity contribution is 7.78. The number of para-hydroxylation sites is 1. The van der Waals surface area contributed by atoms with E-state index in [4.69, 9.17) is 9.29 Å². The molecule has 1 aliphatic rings. The minimum absolute atomic E-state index is 0.0460. The summed E-state index contributed by atoms with van der Waals surface area (Å²) in [6, 6.07) is 15.7. The molecular formula is C23H16F3NO4S. The summed E-state index contributed by atoms with van der Waals surface area (Å²) in [4.78, 5) is 15.7. The molecule has 0 spiro atoms. The number of alkyl halides is 3. The van der Waals surface area contributed by atoms with Crippen LogP contribution in [0, 0.1) is 0 Å². The molecule has 0 saturated carbocycles. The molecule has 9 heteroatoms. The number of hydrogen-bond donors (Lipinski definition) is 1. The number of rotatable bonds is 5. The van der Waals surface area contributed by atoms with Gasteiger partial charge in [-0.05, 0) is 17.7 Å². The fraction of sp³-hybridized carbons (Fsp3) is 0.130. The van der Waals surface area contributed by atoms with E-state index in [1.807, 2.05) is 0 Å². The summed E-state index contributed by atoms with van der Waals surface area (Å²) in [6.45, 7) is 0. The van der Waals surface area contributed by atoms with Crippen molar-refractivity contribution < 1.29 is 31.5 Å². The third-order valence-corrected chi connectivity index (χ3v) is 5.61. The number of nitrogens with zero attached hydrogens (tertiary/aromatic N) is 1. The number of hydrogen-bond acceptors (Lipinski definition) is 4. The van der Waals surface area contributed by atoms with E-state index in [2.05, 4.69) is 4.98 Å². The lowest BCUT2D eigenvalue weighted by molar-refractivity contribution is -0.141. The smallest absolute Gasteiger partial charge is 0.433 e. The van der Waals surface area contributed by atoms with Gasteiger partial charge in [0.1, 0.15) is 23.5 Å². The van der Waals surface area contributed by atoms with Gasteiger partial charge in [-0.3, -0.25) is 4.98 Å². The SMILES string of the molecule is O=CC1C(c2ccc(C(F)(F)F)nc2)=C(c2ccc(CS(=O)O)cc2)Oc2ccccc21. The van der Waals surface area contributed by atoms with Crippen LogP contribution >= 0.6 is 0 Å². The van der Waals surface area contributed by atoms with Crippen LogP contribution in [0.15, 0.2) is 66.9 Å². The highest BCUT2D eigenvalue weighted by Gasteiger charge is 2.34. The Kier molecular flexibility index (Phi) is 5.94. The van der Waals surface area contributed by atoms with E-state index in [9.17, 15) is 22.2 Å². The van der Waals surface area contributed by atoms with E-state index >= 15 is 0 Å². The van der Waals surface area contributed by atoms with Crippen LogP contribution < -0.4 is 4.74 Å². The number of carbonyl (C=O) groups is 1. The molecule has 0 radical (unpaired) electrons. The molecule has 2 atom stereocenters. The van der Waals surface area contributed by atoms with Crippen molar-refractivity contribution in [3.05, 3.63) is 94.8 Å². The van der Waals surface area contributed by atoms with Crippen LogP contribution in [0.4, 0.5) is 13.2 Å². The van der Waals surface area contributed by atoms with Crippen molar-refractivity contribution in [1.82, 2.24) is 4.98 Å². The van der Waals surface area contributed by atoms with Crippen molar-refractivity contribution in [2.45, 2.75) is 17.8 Å². The number of aromatic nitrogens is 1. The Morgan fingerprint density at radius 3 is 2.31 bits per heavy atom. The number of carbonyl (C=O) groups excluding carboxylic acids is 1. The summed E-state index contributed by atoms with van der Waals surface area (Å²) in [5.74, 6) is -0.0590. The summed E-state index contributed by atoms with van der Waals surface area (Å²) in [5.41, 5.74) is 1.45. The van der Waals surface area contributed by atoms with Crippen LogP contribution in [-0.2, 0) is 27.8 Å². The van der Waals surface area contributed by atoms with Gasteiger partial charge in [-0.15, -0.1) is 0 Å². The Labute approximate surface area is 183 Å². The van der Waals surface area contributed by atoms with E-state index in [-0.39, 0.29) is 5.75 Å². The van der Waals surface area contributed by atoms with Crippen LogP contribution in [0.1, 0.15) is 33.9 Å². The largest absolute Gasteiger partial charge is 0.456 e. The first-order chi connectivity index (χ1) is 15.3. The second-order valence-electron chi connectivity index (χ2n) is 7.09. The number of benzene rings is 2. The molecule has 0 fully saturated rings. The van der Waals surface area contributed by atoms with Crippen molar-refractivity contribution >= 4 is 28.7 Å². The zero-order valence-electron chi connectivity index (χ0n) is 16.4. The van der Waals surface area contributed by atoms with Crippen molar-refractivity contribution in [3.63, 3.8) is 0 Å². The standard InChI is InChI=1S/C23H16F3NO4S/c24-23(25,26)20-10-9-16(11-27-20)21-18(12-28)17-3-1-2-4-19(17)31-22(21)15-7-5-14(6-8-15)13-32(29)30/h1-12,18H,13H2,(H,29,30). The first-order valence-electron chi connectivity index (χ1n) is 9.44. The maximum atomic E-state index is 13.0. The lowest BCUT2D eigenvalue weighted by Gasteiger charge is -2.28. The Bertz CT molecular complexity index is 1210. The highest BCUT2D eigenvalue weighted by Crippen LogP contribution is 2.46. The maximum Gasteiger partial charge on any atom is 0.433 e. The van der Waals surface area contributed by atoms with Gasteiger partial charge in [0.2, 0.25) is 0 Å². The van der Waals surface area contributed by atoms with Gasteiger partial charge in [0.25, 0.3) is 0 Å². The molecule has 1 aromatic heterocycles. The monoisotopic (exact) mass is 459 g/mol. The van der Waals surface area contributed by atoms with Gasteiger partial charge in [-0.1, -0.05) is 48.5 Å². The molecular weight excluding hydrogens is 443 g/mol. The first-order valence-corrected chi connectivity index (χ1v) is 10.7. The van der Waals surface area contributed by atoms with Gasteiger partial charge < -0.3 is 14.1 Å². The van der Waals surface area contributed by atoms with Crippen molar-refractivity contribution in [2.24, 2.45) is 0 Å². The van der Waals surface area contributed by atoms with E-state index in [1.165, 1.54) is 6.07 Å². The molecule has 2 unspecified atom stereocenters. The molecule has 0 amide bonds. The predicted octanol–water partition coefficient (Wildman–Crippen LogP) is 5.07. The average Bonchev–Trinajstić information content (AvgIpc) is 2.77. The van der Waals surface area contributed by atoms with E-state index in [1.54, 1.807) is 48.5 Å². The lowest BCUT2D eigenvalue weighted by Crippen LogP contribution is -2.16. The molecule has 0 saturated heterocycles. The second kappa shape index (κ2) is 8.68. The highest BCUT2D eigenvalue weighted by atomic mass is 32.2. The molecule has 3 aromatic rings. The van der Waals surface area contributed by atoms with Gasteiger partial charge in [0, 0.05) is 28.5 Å². The van der Waals surface area contributed by atoms with Crippen LogP contribution in [0.25, 0.3) is 11.3 Å². The topological polar surface area (TPSA) is 76.5 Å². The summed E-state index contributed by atoms with van der Waals surface area (Å²) >= 11 is -2.00. The number of pyridine rings is 1. The third kappa shape index (κ3) is 4.35. The Hall–Kier alpha value is -3.30. The molecule has 0 bridgehead atoms. The third-order valence-electron chi connectivity index (χ3n) is 5.03. The zero-order valence-corrected chi connectivity index (χ0v) is 17.2. The van der Waals surface area contributed by atoms with E-state index in [0.29, 0.717) is 39.3 Å². The molecule has 0 aliphatic carbocycles. The Balaban J connectivity index is 1.87. The molecule has 4 rings (SSSR count). The average molecular weight is 459 g/mol. The number of halogens is 3. The predicted molar refractivity (Wildman–Crippen MR) is 113 cm³/mol. The van der Waals surface area contributed by atoms with Crippen molar-refractivity contribution in [2.75, 3.05) is 0 Å². The summed E-state index contributed by atoms with van der Waals surface area (Å²) in [7, 11) is 0. The lowest BCUT2D eigenvalue weighted by atomic mass is 9.83. The molecule has 1 aliphatic heterocycles. The van der Waals surface area contributed by atoms with E-state index < -0.39 is 28.9 Å². The van der Waals surface area contributed by atoms with Crippen LogP contribution in [0.3, 0.4) is 0 Å². The normalized spacial score (nSPS) is 16.8. The summed E-state index contributed by atoms with van der Waals surface area (Å²) in [5, 5.41) is 0. The number of allylic oxidation sites excluding steroid dienone is 1.